The zero-order chi connectivity index (χ0) is 21.7. The van der Waals surface area contributed by atoms with Gasteiger partial charge in [-0.25, -0.2) is 9.97 Å². The van der Waals surface area contributed by atoms with E-state index in [2.05, 4.69) is 40.1 Å². The molecule has 0 saturated carbocycles. The molecule has 0 aliphatic heterocycles. The molecule has 0 aliphatic carbocycles. The van der Waals surface area contributed by atoms with Gasteiger partial charge in [-0.15, -0.1) is 11.3 Å². The van der Waals surface area contributed by atoms with Crippen LogP contribution in [0.2, 0.25) is 0 Å². The van der Waals surface area contributed by atoms with Crippen molar-refractivity contribution in [1.29, 1.82) is 0 Å². The molecule has 32 heavy (non-hydrogen) atoms. The molecule has 0 aliphatic rings. The number of H-pyrrole nitrogens is 1. The predicted octanol–water partition coefficient (Wildman–Crippen LogP) is 5.83. The molecule has 6 aromatic rings. The van der Waals surface area contributed by atoms with Gasteiger partial charge in [-0.3, -0.25) is 9.78 Å². The van der Waals surface area contributed by atoms with Gasteiger partial charge in [0.05, 0.1) is 27.7 Å². The van der Waals surface area contributed by atoms with Crippen molar-refractivity contribution in [1.82, 2.24) is 19.9 Å². The van der Waals surface area contributed by atoms with E-state index in [0.29, 0.717) is 16.6 Å². The van der Waals surface area contributed by atoms with E-state index in [1.54, 1.807) is 23.7 Å². The average Bonchev–Trinajstić information content (AvgIpc) is 3.50. The van der Waals surface area contributed by atoms with Crippen molar-refractivity contribution in [3.05, 3.63) is 88.5 Å². The van der Waals surface area contributed by atoms with Crippen LogP contribution in [-0.4, -0.2) is 19.9 Å². The molecule has 5 heterocycles. The summed E-state index contributed by atoms with van der Waals surface area (Å²) in [5, 5.41) is 1.51. The fourth-order valence-electron chi connectivity index (χ4n) is 3.88. The van der Waals surface area contributed by atoms with Crippen LogP contribution in [0.1, 0.15) is 4.88 Å². The Kier molecular flexibility index (Phi) is 4.22. The smallest absolute Gasteiger partial charge is 0.231 e. The monoisotopic (exact) mass is 436 g/mol. The van der Waals surface area contributed by atoms with Crippen LogP contribution in [0.3, 0.4) is 0 Å². The lowest BCUT2D eigenvalue weighted by Gasteiger charge is -2.11. The van der Waals surface area contributed by atoms with Crippen LogP contribution in [0, 0.1) is 6.92 Å². The van der Waals surface area contributed by atoms with Gasteiger partial charge in [0.25, 0.3) is 0 Å². The maximum Gasteiger partial charge on any atom is 0.231 e. The lowest BCUT2D eigenvalue weighted by molar-refractivity contribution is 0.574. The molecule has 0 amide bonds. The van der Waals surface area contributed by atoms with E-state index in [1.165, 1.54) is 17.3 Å². The standard InChI is InChI=1S/C25H16N4O2S/c1-14-4-7-21(32-14)22-17(15-5-6-20-16(11-15)3-2-8-26-20)12-18-23(30)19(13-28-24(18)29-22)25-27-9-10-31-25/h2-13H,1H3,(H,28,29,30). The van der Waals surface area contributed by atoms with Crippen LogP contribution < -0.4 is 5.43 Å². The van der Waals surface area contributed by atoms with Gasteiger partial charge < -0.3 is 9.40 Å². The second-order valence-corrected chi connectivity index (χ2v) is 8.76. The third kappa shape index (κ3) is 3.02. The highest BCUT2D eigenvalue weighted by atomic mass is 32.1. The number of oxazole rings is 1. The molecule has 0 bridgehead atoms. The third-order valence-corrected chi connectivity index (χ3v) is 6.42. The van der Waals surface area contributed by atoms with Gasteiger partial charge in [0.15, 0.2) is 0 Å². The summed E-state index contributed by atoms with van der Waals surface area (Å²) in [6, 6.07) is 16.1. The first kappa shape index (κ1) is 18.7. The normalized spacial score (nSPS) is 11.4. The van der Waals surface area contributed by atoms with Crippen LogP contribution >= 0.6 is 11.3 Å². The Morgan fingerprint density at radius 2 is 1.94 bits per heavy atom. The highest BCUT2D eigenvalue weighted by molar-refractivity contribution is 7.15. The largest absolute Gasteiger partial charge is 0.444 e. The van der Waals surface area contributed by atoms with E-state index in [-0.39, 0.29) is 11.3 Å². The van der Waals surface area contributed by atoms with Gasteiger partial charge in [-0.05, 0) is 48.9 Å². The lowest BCUT2D eigenvalue weighted by atomic mass is 9.99. The summed E-state index contributed by atoms with van der Waals surface area (Å²) in [7, 11) is 0. The second-order valence-electron chi connectivity index (χ2n) is 7.47. The van der Waals surface area contributed by atoms with E-state index in [4.69, 9.17) is 9.40 Å². The van der Waals surface area contributed by atoms with Gasteiger partial charge >= 0.3 is 0 Å². The van der Waals surface area contributed by atoms with Crippen molar-refractivity contribution in [3.8, 4) is 33.2 Å². The van der Waals surface area contributed by atoms with E-state index >= 15 is 0 Å². The van der Waals surface area contributed by atoms with E-state index < -0.39 is 0 Å². The number of fused-ring (bicyclic) bond motifs is 2. The minimum Gasteiger partial charge on any atom is -0.444 e. The maximum atomic E-state index is 13.3. The molecule has 0 radical (unpaired) electrons. The molecule has 154 valence electrons. The Morgan fingerprint density at radius 1 is 1.00 bits per heavy atom. The number of benzene rings is 1. The first-order valence-electron chi connectivity index (χ1n) is 10.1. The maximum absolute atomic E-state index is 13.3. The number of thiophene rings is 1. The Hall–Kier alpha value is -4.10. The number of nitrogens with one attached hydrogen (secondary N) is 1. The van der Waals surface area contributed by atoms with Gasteiger partial charge in [-0.2, -0.15) is 0 Å². The van der Waals surface area contributed by atoms with Gasteiger partial charge in [-0.1, -0.05) is 12.1 Å². The molecule has 0 fully saturated rings. The van der Waals surface area contributed by atoms with Crippen molar-refractivity contribution >= 4 is 33.3 Å². The summed E-state index contributed by atoms with van der Waals surface area (Å²) in [5.74, 6) is 0.282. The Morgan fingerprint density at radius 3 is 2.75 bits per heavy atom. The van der Waals surface area contributed by atoms with Crippen molar-refractivity contribution < 1.29 is 4.42 Å². The minimum absolute atomic E-state index is 0.175. The molecule has 0 atom stereocenters. The molecule has 1 N–H and O–H groups in total. The van der Waals surface area contributed by atoms with Gasteiger partial charge in [0.1, 0.15) is 17.5 Å². The van der Waals surface area contributed by atoms with Crippen molar-refractivity contribution in [2.75, 3.05) is 0 Å². The fraction of sp³-hybridized carbons (Fsp3) is 0.0400. The summed E-state index contributed by atoms with van der Waals surface area (Å²) in [5.41, 5.74) is 4.34. The molecule has 6 rings (SSSR count). The summed E-state index contributed by atoms with van der Waals surface area (Å²) >= 11 is 1.68. The number of rotatable bonds is 3. The number of aryl methyl sites for hydroxylation is 1. The third-order valence-electron chi connectivity index (χ3n) is 5.42. The fourth-order valence-corrected chi connectivity index (χ4v) is 4.75. The molecule has 6 nitrogen and oxygen atoms in total. The first-order chi connectivity index (χ1) is 15.7. The van der Waals surface area contributed by atoms with Gasteiger partial charge in [0.2, 0.25) is 11.3 Å². The molecule has 5 aromatic heterocycles. The van der Waals surface area contributed by atoms with Gasteiger partial charge in [0, 0.05) is 28.2 Å². The number of aromatic nitrogens is 4. The Labute approximate surface area is 186 Å². The minimum atomic E-state index is -0.175. The highest BCUT2D eigenvalue weighted by Crippen LogP contribution is 2.37. The molecule has 1 aromatic carbocycles. The van der Waals surface area contributed by atoms with Crippen LogP contribution in [0.4, 0.5) is 0 Å². The highest BCUT2D eigenvalue weighted by Gasteiger charge is 2.18. The second kappa shape index (κ2) is 7.25. The van der Waals surface area contributed by atoms with Crippen molar-refractivity contribution in [3.63, 3.8) is 0 Å². The number of hydrogen-bond donors (Lipinski definition) is 1. The Balaban J connectivity index is 1.66. The van der Waals surface area contributed by atoms with Crippen LogP contribution in [-0.2, 0) is 0 Å². The Bertz CT molecular complexity index is 1670. The summed E-state index contributed by atoms with van der Waals surface area (Å²) in [6.07, 6.45) is 6.36. The first-order valence-corrected chi connectivity index (χ1v) is 10.9. The van der Waals surface area contributed by atoms with Crippen LogP contribution in [0.15, 0.2) is 82.6 Å². The zero-order valence-electron chi connectivity index (χ0n) is 17.0. The van der Waals surface area contributed by atoms with E-state index in [0.717, 1.165) is 32.6 Å². The zero-order valence-corrected chi connectivity index (χ0v) is 17.8. The summed E-state index contributed by atoms with van der Waals surface area (Å²) in [4.78, 5) is 32.1. The summed E-state index contributed by atoms with van der Waals surface area (Å²) in [6.45, 7) is 2.07. The lowest BCUT2D eigenvalue weighted by Crippen LogP contribution is -2.08. The van der Waals surface area contributed by atoms with Crippen molar-refractivity contribution in [2.45, 2.75) is 6.92 Å². The predicted molar refractivity (Wildman–Crippen MR) is 127 cm³/mol. The van der Waals surface area contributed by atoms with E-state index in [1.807, 2.05) is 30.3 Å². The number of pyridine rings is 3. The molecule has 7 heteroatoms. The molecule has 0 unspecified atom stereocenters. The molecule has 0 saturated heterocycles. The van der Waals surface area contributed by atoms with Crippen molar-refractivity contribution in [2.24, 2.45) is 0 Å². The van der Waals surface area contributed by atoms with E-state index in [9.17, 15) is 4.79 Å². The number of aromatic amines is 1. The molecular weight excluding hydrogens is 420 g/mol. The number of hydrogen-bond acceptors (Lipinski definition) is 6. The quantitative estimate of drug-likeness (QED) is 0.377. The number of nitrogens with zero attached hydrogens (tertiary/aromatic N) is 3. The average molecular weight is 436 g/mol. The van der Waals surface area contributed by atoms with Crippen LogP contribution in [0.25, 0.3) is 55.1 Å². The SMILES string of the molecule is Cc1ccc(-c2nc3[nH]cc(-c4ncco4)c(=O)c3cc2-c2ccc3ncccc3c2)s1. The molecular formula is C25H16N4O2S. The molecule has 0 spiro atoms. The topological polar surface area (TPSA) is 84.7 Å². The summed E-state index contributed by atoms with van der Waals surface area (Å²) < 4.78 is 5.35. The van der Waals surface area contributed by atoms with Crippen LogP contribution in [0.5, 0.6) is 0 Å².